The number of nitrogens with two attached hydrogens (primary N) is 1. The van der Waals surface area contributed by atoms with Crippen LogP contribution in [0.3, 0.4) is 0 Å². The molecule has 9 atom stereocenters. The standard InChI is InChI=1S/C20H33NO2.ClH/c1-11-4-5-13-16-14(7-9-19(11,13)2)20(3)8-6-12(21)10-15(20)17(22)18(16)23;/h12-18,22-23H,1,4-10,21H2,2-3H3;1H/t12?,13-,14+,15?,16-,17?,18?,19+,20+;/m0./s1. The molecular formula is C20H34ClNO2. The highest BCUT2D eigenvalue weighted by Gasteiger charge is 2.63. The zero-order valence-corrected chi connectivity index (χ0v) is 15.9. The number of aliphatic hydroxyl groups is 2. The fraction of sp³-hybridized carbons (Fsp3) is 0.900. The SMILES string of the molecule is C=C1CC[C@H]2[C@@H]3C(O)C(O)C4CC(N)CC[C@]4(C)[C@@H]3CC[C@]12C.Cl. The van der Waals surface area contributed by atoms with E-state index < -0.39 is 12.2 Å². The van der Waals surface area contributed by atoms with E-state index in [-0.39, 0.29) is 41.1 Å². The third-order valence-electron chi connectivity index (χ3n) is 8.75. The lowest BCUT2D eigenvalue weighted by Gasteiger charge is -2.63. The molecule has 4 fully saturated rings. The molecule has 0 bridgehead atoms. The maximum Gasteiger partial charge on any atom is 0.0836 e. The van der Waals surface area contributed by atoms with Crippen LogP contribution in [0, 0.1) is 34.5 Å². The number of allylic oxidation sites excluding steroid dienone is 1. The molecule has 4 N–H and O–H groups in total. The van der Waals surface area contributed by atoms with Crippen molar-refractivity contribution in [1.29, 1.82) is 0 Å². The van der Waals surface area contributed by atoms with Crippen molar-refractivity contribution in [1.82, 2.24) is 0 Å². The topological polar surface area (TPSA) is 66.5 Å². The Morgan fingerprint density at radius 2 is 1.71 bits per heavy atom. The van der Waals surface area contributed by atoms with Crippen LogP contribution >= 0.6 is 12.4 Å². The van der Waals surface area contributed by atoms with Crippen LogP contribution in [-0.2, 0) is 0 Å². The van der Waals surface area contributed by atoms with Crippen molar-refractivity contribution in [3.63, 3.8) is 0 Å². The number of fused-ring (bicyclic) bond motifs is 5. The smallest absolute Gasteiger partial charge is 0.0836 e. The molecule has 0 aliphatic heterocycles. The van der Waals surface area contributed by atoms with Crippen LogP contribution in [0.15, 0.2) is 12.2 Å². The molecule has 4 rings (SSSR count). The van der Waals surface area contributed by atoms with Crippen molar-refractivity contribution in [3.05, 3.63) is 12.2 Å². The van der Waals surface area contributed by atoms with E-state index in [9.17, 15) is 10.2 Å². The second-order valence-electron chi connectivity index (χ2n) is 9.52. The van der Waals surface area contributed by atoms with Gasteiger partial charge in [0, 0.05) is 6.04 Å². The first-order chi connectivity index (χ1) is 10.8. The normalized spacial score (nSPS) is 56.7. The highest BCUT2D eigenvalue weighted by Crippen LogP contribution is 2.66. The predicted molar refractivity (Wildman–Crippen MR) is 98.9 cm³/mol. The molecule has 138 valence electrons. The summed E-state index contributed by atoms with van der Waals surface area (Å²) in [5.41, 5.74) is 7.89. The average Bonchev–Trinajstić information content (AvgIpc) is 2.82. The van der Waals surface area contributed by atoms with Crippen molar-refractivity contribution >= 4 is 12.4 Å². The van der Waals surface area contributed by atoms with Crippen LogP contribution in [0.5, 0.6) is 0 Å². The molecule has 0 aromatic heterocycles. The van der Waals surface area contributed by atoms with E-state index in [2.05, 4.69) is 20.4 Å². The second-order valence-corrected chi connectivity index (χ2v) is 9.52. The lowest BCUT2D eigenvalue weighted by Crippen LogP contribution is -2.64. The molecule has 4 aliphatic carbocycles. The van der Waals surface area contributed by atoms with Crippen LogP contribution in [0.2, 0.25) is 0 Å². The highest BCUT2D eigenvalue weighted by atomic mass is 35.5. The van der Waals surface area contributed by atoms with Crippen molar-refractivity contribution in [2.75, 3.05) is 0 Å². The predicted octanol–water partition coefficient (Wildman–Crippen LogP) is 3.28. The second kappa shape index (κ2) is 5.97. The molecule has 0 radical (unpaired) electrons. The summed E-state index contributed by atoms with van der Waals surface area (Å²) in [6.45, 7) is 9.07. The summed E-state index contributed by atoms with van der Waals surface area (Å²) in [7, 11) is 0. The molecule has 4 unspecified atom stereocenters. The van der Waals surface area contributed by atoms with E-state index in [1.165, 1.54) is 18.4 Å². The summed E-state index contributed by atoms with van der Waals surface area (Å²) in [5.74, 6) is 1.42. The van der Waals surface area contributed by atoms with Crippen LogP contribution in [0.4, 0.5) is 0 Å². The molecule has 24 heavy (non-hydrogen) atoms. The van der Waals surface area contributed by atoms with Gasteiger partial charge in [0.1, 0.15) is 0 Å². The van der Waals surface area contributed by atoms with E-state index in [1.807, 2.05) is 0 Å². The first kappa shape index (κ1) is 18.7. The minimum atomic E-state index is -0.608. The number of aliphatic hydroxyl groups excluding tert-OH is 2. The average molecular weight is 356 g/mol. The maximum absolute atomic E-state index is 11.0. The highest BCUT2D eigenvalue weighted by molar-refractivity contribution is 5.85. The lowest BCUT2D eigenvalue weighted by atomic mass is 9.43. The van der Waals surface area contributed by atoms with E-state index >= 15 is 0 Å². The third kappa shape index (κ3) is 2.27. The Morgan fingerprint density at radius 1 is 1.00 bits per heavy atom. The molecule has 0 amide bonds. The molecule has 0 aromatic carbocycles. The summed E-state index contributed by atoms with van der Waals surface area (Å²) in [6.07, 6.45) is 6.45. The van der Waals surface area contributed by atoms with Gasteiger partial charge in [-0.15, -0.1) is 12.4 Å². The van der Waals surface area contributed by atoms with Gasteiger partial charge < -0.3 is 15.9 Å². The van der Waals surface area contributed by atoms with Crippen molar-refractivity contribution in [2.45, 2.75) is 77.0 Å². The van der Waals surface area contributed by atoms with Gasteiger partial charge in [0.15, 0.2) is 0 Å². The summed E-state index contributed by atoms with van der Waals surface area (Å²) >= 11 is 0. The quantitative estimate of drug-likeness (QED) is 0.584. The van der Waals surface area contributed by atoms with Gasteiger partial charge in [-0.05, 0) is 79.4 Å². The maximum atomic E-state index is 11.0. The third-order valence-corrected chi connectivity index (χ3v) is 8.75. The first-order valence-corrected chi connectivity index (χ1v) is 9.59. The van der Waals surface area contributed by atoms with E-state index in [1.54, 1.807) is 0 Å². The van der Waals surface area contributed by atoms with E-state index in [0.717, 1.165) is 32.1 Å². The number of hydrogen-bond acceptors (Lipinski definition) is 3. The Morgan fingerprint density at radius 3 is 2.42 bits per heavy atom. The number of halogens is 1. The van der Waals surface area contributed by atoms with Gasteiger partial charge in [-0.25, -0.2) is 0 Å². The zero-order chi connectivity index (χ0) is 16.6. The number of rotatable bonds is 0. The van der Waals surface area contributed by atoms with E-state index in [0.29, 0.717) is 11.8 Å². The monoisotopic (exact) mass is 355 g/mol. The van der Waals surface area contributed by atoms with Gasteiger partial charge in [0.25, 0.3) is 0 Å². The van der Waals surface area contributed by atoms with Gasteiger partial charge in [0.05, 0.1) is 12.2 Å². The first-order valence-electron chi connectivity index (χ1n) is 9.59. The van der Waals surface area contributed by atoms with Crippen molar-refractivity contribution < 1.29 is 10.2 Å². The molecule has 0 saturated heterocycles. The summed E-state index contributed by atoms with van der Waals surface area (Å²) in [5, 5.41) is 22.0. The lowest BCUT2D eigenvalue weighted by molar-refractivity contribution is -0.210. The molecule has 0 heterocycles. The molecule has 0 aromatic rings. The Bertz CT molecular complexity index is 526. The summed E-state index contributed by atoms with van der Waals surface area (Å²) < 4.78 is 0. The molecule has 4 heteroatoms. The van der Waals surface area contributed by atoms with Gasteiger partial charge in [-0.2, -0.15) is 0 Å². The largest absolute Gasteiger partial charge is 0.390 e. The van der Waals surface area contributed by atoms with Gasteiger partial charge in [-0.1, -0.05) is 26.0 Å². The summed E-state index contributed by atoms with van der Waals surface area (Å²) in [6, 6.07) is 0.187. The Hall–Kier alpha value is -0.0900. The Labute approximate surface area is 152 Å². The minimum absolute atomic E-state index is 0. The van der Waals surface area contributed by atoms with E-state index in [4.69, 9.17) is 5.73 Å². The van der Waals surface area contributed by atoms with Crippen molar-refractivity contribution in [3.8, 4) is 0 Å². The molecular weight excluding hydrogens is 322 g/mol. The Balaban J connectivity index is 0.00000169. The van der Waals surface area contributed by atoms with Crippen LogP contribution in [0.25, 0.3) is 0 Å². The number of hydrogen-bond donors (Lipinski definition) is 3. The molecule has 4 saturated carbocycles. The minimum Gasteiger partial charge on any atom is -0.390 e. The summed E-state index contributed by atoms with van der Waals surface area (Å²) in [4.78, 5) is 0. The molecule has 4 aliphatic rings. The van der Waals surface area contributed by atoms with Gasteiger partial charge in [0.2, 0.25) is 0 Å². The fourth-order valence-electron chi connectivity index (χ4n) is 7.20. The molecule has 0 spiro atoms. The van der Waals surface area contributed by atoms with Crippen molar-refractivity contribution in [2.24, 2.45) is 40.2 Å². The van der Waals surface area contributed by atoms with Gasteiger partial charge >= 0.3 is 0 Å². The van der Waals surface area contributed by atoms with Crippen LogP contribution in [-0.4, -0.2) is 28.5 Å². The van der Waals surface area contributed by atoms with Gasteiger partial charge in [-0.3, -0.25) is 0 Å². The van der Waals surface area contributed by atoms with Crippen LogP contribution in [0.1, 0.15) is 58.8 Å². The fourth-order valence-corrected chi connectivity index (χ4v) is 7.20. The Kier molecular flexibility index (Phi) is 4.65. The zero-order valence-electron chi connectivity index (χ0n) is 15.1. The van der Waals surface area contributed by atoms with Crippen LogP contribution < -0.4 is 5.73 Å². The molecule has 3 nitrogen and oxygen atoms in total.